The summed E-state index contributed by atoms with van der Waals surface area (Å²) in [5, 5.41) is 11.4. The Labute approximate surface area is 202 Å². The Morgan fingerprint density at radius 1 is 0.971 bits per heavy atom. The average molecular weight is 475 g/mol. The predicted molar refractivity (Wildman–Crippen MR) is 131 cm³/mol. The first-order valence-electron chi connectivity index (χ1n) is 11.2. The number of hydrogen-bond acceptors (Lipinski definition) is 7. The Morgan fingerprint density at radius 2 is 1.69 bits per heavy atom. The molecule has 35 heavy (non-hydrogen) atoms. The third-order valence-corrected chi connectivity index (χ3v) is 5.87. The van der Waals surface area contributed by atoms with Gasteiger partial charge in [0.2, 0.25) is 0 Å². The van der Waals surface area contributed by atoms with Crippen LogP contribution in [-0.2, 0) is 16.0 Å². The van der Waals surface area contributed by atoms with Gasteiger partial charge in [-0.05, 0) is 35.9 Å². The van der Waals surface area contributed by atoms with Gasteiger partial charge in [-0.15, -0.1) is 0 Å². The Kier molecular flexibility index (Phi) is 7.35. The molecule has 0 radical (unpaired) electrons. The molecule has 1 atom stereocenters. The molecule has 0 saturated carbocycles. The second-order valence-electron chi connectivity index (χ2n) is 7.97. The number of carbonyl (C=O) groups is 1. The third kappa shape index (κ3) is 5.30. The molecule has 0 aliphatic heterocycles. The first kappa shape index (κ1) is 23.9. The van der Waals surface area contributed by atoms with Gasteiger partial charge >= 0.3 is 11.6 Å². The molecular weight excluding hydrogens is 448 g/mol. The second kappa shape index (κ2) is 10.8. The van der Waals surface area contributed by atoms with Gasteiger partial charge in [0, 0.05) is 17.9 Å². The summed E-state index contributed by atoms with van der Waals surface area (Å²) in [5.41, 5.74) is 1.18. The fourth-order valence-electron chi connectivity index (χ4n) is 4.04. The number of benzene rings is 3. The lowest BCUT2D eigenvalue weighted by molar-refractivity contribution is -0.140. The standard InChI is InChI=1S/C28H26O7/c1-32-19-13-11-18(12-14-19)15-16-34-23-9-5-3-7-20(23)22(17-25(29)33-2)26-27(30)21-8-4-6-10-24(21)35-28(26)31/h3-14,22,30H,15-17H2,1-2H3. The van der Waals surface area contributed by atoms with E-state index in [1.165, 1.54) is 7.11 Å². The quantitative estimate of drug-likeness (QED) is 0.274. The Morgan fingerprint density at radius 3 is 2.43 bits per heavy atom. The maximum Gasteiger partial charge on any atom is 0.343 e. The monoisotopic (exact) mass is 474 g/mol. The number of para-hydroxylation sites is 2. The molecular formula is C28H26O7. The molecule has 4 aromatic rings. The molecule has 0 aliphatic carbocycles. The zero-order valence-electron chi connectivity index (χ0n) is 19.5. The number of carbonyl (C=O) groups excluding carboxylic acids is 1. The zero-order chi connectivity index (χ0) is 24.8. The van der Waals surface area contributed by atoms with Crippen LogP contribution in [0.25, 0.3) is 11.0 Å². The van der Waals surface area contributed by atoms with Crippen LogP contribution >= 0.6 is 0 Å². The molecule has 1 heterocycles. The van der Waals surface area contributed by atoms with E-state index in [-0.39, 0.29) is 23.3 Å². The maximum atomic E-state index is 13.0. The number of esters is 1. The molecule has 3 aromatic carbocycles. The van der Waals surface area contributed by atoms with Gasteiger partial charge in [0.05, 0.1) is 38.2 Å². The molecule has 0 aliphatic rings. The number of rotatable bonds is 9. The lowest BCUT2D eigenvalue weighted by atomic mass is 9.87. The lowest BCUT2D eigenvalue weighted by Crippen LogP contribution is -2.19. The summed E-state index contributed by atoms with van der Waals surface area (Å²) in [7, 11) is 2.90. The van der Waals surface area contributed by atoms with Crippen LogP contribution in [0.15, 0.2) is 82.0 Å². The normalized spacial score (nSPS) is 11.7. The molecule has 180 valence electrons. The minimum atomic E-state index is -0.833. The van der Waals surface area contributed by atoms with Crippen molar-refractivity contribution in [1.82, 2.24) is 0 Å². The molecule has 7 heteroatoms. The number of ether oxygens (including phenoxy) is 3. The Hall–Kier alpha value is -4.26. The summed E-state index contributed by atoms with van der Waals surface area (Å²) < 4.78 is 21.6. The van der Waals surface area contributed by atoms with E-state index in [1.54, 1.807) is 49.6 Å². The molecule has 0 fully saturated rings. The van der Waals surface area contributed by atoms with E-state index in [0.717, 1.165) is 11.3 Å². The van der Waals surface area contributed by atoms with Gasteiger partial charge in [-0.3, -0.25) is 4.79 Å². The number of hydrogen-bond donors (Lipinski definition) is 1. The highest BCUT2D eigenvalue weighted by molar-refractivity contribution is 5.85. The van der Waals surface area contributed by atoms with Gasteiger partial charge in [0.25, 0.3) is 0 Å². The smallest absolute Gasteiger partial charge is 0.343 e. The van der Waals surface area contributed by atoms with Crippen molar-refractivity contribution in [3.8, 4) is 17.2 Å². The third-order valence-electron chi connectivity index (χ3n) is 5.87. The van der Waals surface area contributed by atoms with Gasteiger partial charge in [-0.2, -0.15) is 0 Å². The summed E-state index contributed by atoms with van der Waals surface area (Å²) in [6, 6.07) is 21.5. The van der Waals surface area contributed by atoms with Gasteiger partial charge in [-0.1, -0.05) is 42.5 Å². The maximum absolute atomic E-state index is 13.0. The second-order valence-corrected chi connectivity index (χ2v) is 7.97. The molecule has 1 aromatic heterocycles. The molecule has 0 bridgehead atoms. The van der Waals surface area contributed by atoms with Crippen molar-refractivity contribution in [1.29, 1.82) is 0 Å². The fourth-order valence-corrected chi connectivity index (χ4v) is 4.04. The Balaban J connectivity index is 1.68. The van der Waals surface area contributed by atoms with Crippen molar-refractivity contribution in [3.05, 3.63) is 99.9 Å². The molecule has 1 N–H and O–H groups in total. The van der Waals surface area contributed by atoms with Crippen LogP contribution in [0.5, 0.6) is 17.2 Å². The number of methoxy groups -OCH3 is 2. The van der Waals surface area contributed by atoms with E-state index in [9.17, 15) is 14.7 Å². The van der Waals surface area contributed by atoms with Crippen molar-refractivity contribution in [2.24, 2.45) is 0 Å². The zero-order valence-corrected chi connectivity index (χ0v) is 19.5. The molecule has 0 amide bonds. The first-order chi connectivity index (χ1) is 17.0. The fraction of sp³-hybridized carbons (Fsp3) is 0.214. The molecule has 0 saturated heterocycles. The van der Waals surface area contributed by atoms with Crippen molar-refractivity contribution >= 4 is 16.9 Å². The van der Waals surface area contributed by atoms with E-state index in [0.29, 0.717) is 29.7 Å². The summed E-state index contributed by atoms with van der Waals surface area (Å²) >= 11 is 0. The molecule has 1 unspecified atom stereocenters. The van der Waals surface area contributed by atoms with Crippen LogP contribution in [-0.4, -0.2) is 31.9 Å². The van der Waals surface area contributed by atoms with E-state index in [4.69, 9.17) is 18.6 Å². The molecule has 7 nitrogen and oxygen atoms in total. The van der Waals surface area contributed by atoms with Crippen LogP contribution in [0.1, 0.15) is 29.0 Å². The van der Waals surface area contributed by atoms with E-state index < -0.39 is 17.5 Å². The minimum absolute atomic E-state index is 0.0136. The van der Waals surface area contributed by atoms with Crippen LogP contribution in [0.4, 0.5) is 0 Å². The largest absolute Gasteiger partial charge is 0.507 e. The van der Waals surface area contributed by atoms with Crippen LogP contribution < -0.4 is 15.1 Å². The first-order valence-corrected chi connectivity index (χ1v) is 11.2. The average Bonchev–Trinajstić information content (AvgIpc) is 2.88. The van der Waals surface area contributed by atoms with Crippen LogP contribution in [0.3, 0.4) is 0 Å². The number of aromatic hydroxyl groups is 1. The van der Waals surface area contributed by atoms with Gasteiger partial charge in [-0.25, -0.2) is 4.79 Å². The highest BCUT2D eigenvalue weighted by Gasteiger charge is 2.29. The van der Waals surface area contributed by atoms with Crippen molar-refractivity contribution in [2.45, 2.75) is 18.8 Å². The van der Waals surface area contributed by atoms with Gasteiger partial charge in [0.15, 0.2) is 0 Å². The minimum Gasteiger partial charge on any atom is -0.507 e. The van der Waals surface area contributed by atoms with E-state index in [1.807, 2.05) is 30.3 Å². The highest BCUT2D eigenvalue weighted by atomic mass is 16.5. The topological polar surface area (TPSA) is 95.2 Å². The van der Waals surface area contributed by atoms with E-state index in [2.05, 4.69) is 0 Å². The molecule has 0 spiro atoms. The van der Waals surface area contributed by atoms with Crippen LogP contribution in [0.2, 0.25) is 0 Å². The summed E-state index contributed by atoms with van der Waals surface area (Å²) in [4.78, 5) is 25.3. The highest BCUT2D eigenvalue weighted by Crippen LogP contribution is 2.39. The van der Waals surface area contributed by atoms with Gasteiger partial charge in [0.1, 0.15) is 22.8 Å². The van der Waals surface area contributed by atoms with Crippen molar-refractivity contribution < 1.29 is 28.5 Å². The van der Waals surface area contributed by atoms with E-state index >= 15 is 0 Å². The molecule has 4 rings (SSSR count). The van der Waals surface area contributed by atoms with Crippen molar-refractivity contribution in [3.63, 3.8) is 0 Å². The van der Waals surface area contributed by atoms with Crippen molar-refractivity contribution in [2.75, 3.05) is 20.8 Å². The summed E-state index contributed by atoms with van der Waals surface area (Å²) in [6.07, 6.45) is 0.468. The SMILES string of the molecule is COC(=O)CC(c1ccccc1OCCc1ccc(OC)cc1)c1c(O)c2ccccc2oc1=O. The predicted octanol–water partition coefficient (Wildman–Crippen LogP) is 4.82. The van der Waals surface area contributed by atoms with Gasteiger partial charge < -0.3 is 23.7 Å². The summed E-state index contributed by atoms with van der Waals surface area (Å²) in [6.45, 7) is 0.368. The summed E-state index contributed by atoms with van der Waals surface area (Å²) in [5.74, 6) is -0.309. The number of fused-ring (bicyclic) bond motifs is 1. The van der Waals surface area contributed by atoms with Crippen LogP contribution in [0, 0.1) is 0 Å². The lowest BCUT2D eigenvalue weighted by Gasteiger charge is -2.20. The Bertz CT molecular complexity index is 1370.